The molecule has 0 aliphatic carbocycles. The lowest BCUT2D eigenvalue weighted by Gasteiger charge is -2.08. The number of aliphatic hydroxyl groups excluding tert-OH is 2. The molecule has 0 aliphatic rings. The molecule has 1 rings (SSSR count). The van der Waals surface area contributed by atoms with E-state index in [1.807, 2.05) is 0 Å². The average Bonchev–Trinajstić information content (AvgIpc) is 2.40. The van der Waals surface area contributed by atoms with E-state index in [4.69, 9.17) is 10.2 Å². The van der Waals surface area contributed by atoms with Crippen molar-refractivity contribution >= 4 is 0 Å². The zero-order valence-electron chi connectivity index (χ0n) is 5.77. The molecule has 0 saturated carbocycles. The van der Waals surface area contributed by atoms with Crippen molar-refractivity contribution in [1.82, 2.24) is 14.8 Å². The van der Waals surface area contributed by atoms with Crippen LogP contribution in [0.4, 0.5) is 0 Å². The Morgan fingerprint density at radius 2 is 2.27 bits per heavy atom. The number of hydrogen-bond acceptors (Lipinski definition) is 4. The molecule has 1 aromatic heterocycles. The van der Waals surface area contributed by atoms with E-state index in [2.05, 4.69) is 10.2 Å². The lowest BCUT2D eigenvalue weighted by Crippen LogP contribution is -2.26. The molecule has 0 saturated heterocycles. The first kappa shape index (κ1) is 7.96. The molecule has 0 fully saturated rings. The number of hydrogen-bond donors (Lipinski definition) is 3. The van der Waals surface area contributed by atoms with Gasteiger partial charge in [-0.3, -0.25) is 4.57 Å². The SMILES string of the molecule is O=c1[nH]ncn1C(CO)CO. The summed E-state index contributed by atoms with van der Waals surface area (Å²) >= 11 is 0. The molecular formula is C5H9N3O3. The van der Waals surface area contributed by atoms with Gasteiger partial charge in [-0.1, -0.05) is 0 Å². The van der Waals surface area contributed by atoms with Gasteiger partial charge in [-0.25, -0.2) is 9.89 Å². The molecule has 1 aromatic rings. The van der Waals surface area contributed by atoms with Crippen LogP contribution >= 0.6 is 0 Å². The Bertz CT molecular complexity index is 262. The molecule has 3 N–H and O–H groups in total. The molecule has 6 heteroatoms. The molecule has 6 nitrogen and oxygen atoms in total. The first-order valence-corrected chi connectivity index (χ1v) is 3.12. The first-order chi connectivity index (χ1) is 5.29. The summed E-state index contributed by atoms with van der Waals surface area (Å²) in [6, 6.07) is -0.596. The van der Waals surface area contributed by atoms with E-state index in [-0.39, 0.29) is 13.2 Å². The number of nitrogens with one attached hydrogen (secondary N) is 1. The summed E-state index contributed by atoms with van der Waals surface area (Å²) in [5.41, 5.74) is -0.432. The molecule has 1 heterocycles. The number of H-pyrrole nitrogens is 1. The van der Waals surface area contributed by atoms with Gasteiger partial charge in [0.2, 0.25) is 0 Å². The van der Waals surface area contributed by atoms with Gasteiger partial charge in [0.15, 0.2) is 0 Å². The largest absolute Gasteiger partial charge is 0.394 e. The monoisotopic (exact) mass is 159 g/mol. The maximum atomic E-state index is 10.8. The summed E-state index contributed by atoms with van der Waals surface area (Å²) in [5.74, 6) is 0. The second-order valence-corrected chi connectivity index (χ2v) is 2.09. The third-order valence-corrected chi connectivity index (χ3v) is 1.39. The molecule has 0 aromatic carbocycles. The summed E-state index contributed by atoms with van der Waals surface area (Å²) < 4.78 is 1.14. The first-order valence-electron chi connectivity index (χ1n) is 3.12. The lowest BCUT2D eigenvalue weighted by atomic mass is 10.3. The van der Waals surface area contributed by atoms with Crippen LogP contribution in [0.15, 0.2) is 11.1 Å². The highest BCUT2D eigenvalue weighted by atomic mass is 16.3. The fourth-order valence-corrected chi connectivity index (χ4v) is 0.750. The molecule has 0 aliphatic heterocycles. The highest BCUT2D eigenvalue weighted by molar-refractivity contribution is 4.72. The lowest BCUT2D eigenvalue weighted by molar-refractivity contribution is 0.152. The Balaban J connectivity index is 2.90. The fraction of sp³-hybridized carbons (Fsp3) is 0.600. The topological polar surface area (TPSA) is 91.1 Å². The smallest absolute Gasteiger partial charge is 0.343 e. The summed E-state index contributed by atoms with van der Waals surface area (Å²) in [5, 5.41) is 22.9. The van der Waals surface area contributed by atoms with Crippen LogP contribution in [0.3, 0.4) is 0 Å². The van der Waals surface area contributed by atoms with Gasteiger partial charge in [0.1, 0.15) is 6.33 Å². The fourth-order valence-electron chi connectivity index (χ4n) is 0.750. The predicted octanol–water partition coefficient (Wildman–Crippen LogP) is -1.90. The summed E-state index contributed by atoms with van der Waals surface area (Å²) in [4.78, 5) is 10.8. The molecule has 0 unspecified atom stereocenters. The van der Waals surface area contributed by atoms with E-state index in [0.717, 1.165) is 4.57 Å². The summed E-state index contributed by atoms with van der Waals surface area (Å²) in [7, 11) is 0. The van der Waals surface area contributed by atoms with Crippen molar-refractivity contribution in [3.63, 3.8) is 0 Å². The van der Waals surface area contributed by atoms with Crippen LogP contribution in [-0.2, 0) is 0 Å². The highest BCUT2D eigenvalue weighted by Gasteiger charge is 2.09. The van der Waals surface area contributed by atoms with E-state index in [9.17, 15) is 4.79 Å². The Morgan fingerprint density at radius 3 is 2.64 bits per heavy atom. The molecule has 0 atom stereocenters. The Hall–Kier alpha value is -1.14. The number of aromatic nitrogens is 3. The third kappa shape index (κ3) is 1.47. The minimum atomic E-state index is -0.596. The summed E-state index contributed by atoms with van der Waals surface area (Å²) in [6.07, 6.45) is 1.24. The Kier molecular flexibility index (Phi) is 2.40. The van der Waals surface area contributed by atoms with Gasteiger partial charge in [-0.05, 0) is 0 Å². The molecule has 0 bridgehead atoms. The van der Waals surface area contributed by atoms with Crippen LogP contribution in [0.5, 0.6) is 0 Å². The number of aliphatic hydroxyl groups is 2. The molecule has 0 spiro atoms. The number of aromatic amines is 1. The highest BCUT2D eigenvalue weighted by Crippen LogP contribution is 1.97. The van der Waals surface area contributed by atoms with Crippen LogP contribution in [-0.4, -0.2) is 38.2 Å². The van der Waals surface area contributed by atoms with Crippen molar-refractivity contribution in [3.8, 4) is 0 Å². The second kappa shape index (κ2) is 3.31. The average molecular weight is 159 g/mol. The van der Waals surface area contributed by atoms with Gasteiger partial charge < -0.3 is 10.2 Å². The standard InChI is InChI=1S/C5H9N3O3/c9-1-4(2-10)8-3-6-7-5(8)11/h3-4,9-10H,1-2H2,(H,7,11). The van der Waals surface area contributed by atoms with Crippen molar-refractivity contribution in [2.45, 2.75) is 6.04 Å². The van der Waals surface area contributed by atoms with Crippen LogP contribution < -0.4 is 5.69 Å². The van der Waals surface area contributed by atoms with Gasteiger partial charge in [-0.15, -0.1) is 0 Å². The molecule has 62 valence electrons. The minimum Gasteiger partial charge on any atom is -0.394 e. The van der Waals surface area contributed by atoms with Crippen molar-refractivity contribution in [2.24, 2.45) is 0 Å². The molecular weight excluding hydrogens is 150 g/mol. The van der Waals surface area contributed by atoms with Crippen LogP contribution in [0.2, 0.25) is 0 Å². The molecule has 0 amide bonds. The third-order valence-electron chi connectivity index (χ3n) is 1.39. The molecule has 0 radical (unpaired) electrons. The van der Waals surface area contributed by atoms with E-state index in [0.29, 0.717) is 0 Å². The van der Waals surface area contributed by atoms with Gasteiger partial charge in [0.25, 0.3) is 0 Å². The van der Waals surface area contributed by atoms with Gasteiger partial charge >= 0.3 is 5.69 Å². The predicted molar refractivity (Wildman–Crippen MR) is 36.1 cm³/mol. The van der Waals surface area contributed by atoms with Crippen LogP contribution in [0.1, 0.15) is 6.04 Å². The number of rotatable bonds is 3. The zero-order valence-corrected chi connectivity index (χ0v) is 5.77. The van der Waals surface area contributed by atoms with Crippen molar-refractivity contribution < 1.29 is 10.2 Å². The minimum absolute atomic E-state index is 0.282. The van der Waals surface area contributed by atoms with E-state index >= 15 is 0 Å². The number of nitrogens with zero attached hydrogens (tertiary/aromatic N) is 2. The van der Waals surface area contributed by atoms with Crippen LogP contribution in [0.25, 0.3) is 0 Å². The zero-order chi connectivity index (χ0) is 8.27. The Morgan fingerprint density at radius 1 is 1.64 bits per heavy atom. The van der Waals surface area contributed by atoms with E-state index in [1.165, 1.54) is 6.33 Å². The quantitative estimate of drug-likeness (QED) is 0.480. The maximum absolute atomic E-state index is 10.8. The second-order valence-electron chi connectivity index (χ2n) is 2.09. The van der Waals surface area contributed by atoms with Gasteiger partial charge in [0, 0.05) is 0 Å². The normalized spacial score (nSPS) is 10.8. The van der Waals surface area contributed by atoms with Crippen molar-refractivity contribution in [3.05, 3.63) is 16.8 Å². The van der Waals surface area contributed by atoms with E-state index < -0.39 is 11.7 Å². The van der Waals surface area contributed by atoms with Crippen molar-refractivity contribution in [1.29, 1.82) is 0 Å². The van der Waals surface area contributed by atoms with Crippen molar-refractivity contribution in [2.75, 3.05) is 13.2 Å². The molecule has 11 heavy (non-hydrogen) atoms. The van der Waals surface area contributed by atoms with Gasteiger partial charge in [0.05, 0.1) is 19.3 Å². The van der Waals surface area contributed by atoms with Gasteiger partial charge in [-0.2, -0.15) is 5.10 Å². The van der Waals surface area contributed by atoms with Crippen LogP contribution in [0, 0.1) is 0 Å². The summed E-state index contributed by atoms with van der Waals surface area (Å²) in [6.45, 7) is -0.564. The van der Waals surface area contributed by atoms with E-state index in [1.54, 1.807) is 0 Å². The maximum Gasteiger partial charge on any atom is 0.343 e. The Labute approximate surface area is 62.1 Å².